The quantitative estimate of drug-likeness (QED) is 0.376. The summed E-state index contributed by atoms with van der Waals surface area (Å²) in [6, 6.07) is 12.9. The second-order valence-electron chi connectivity index (χ2n) is 4.76. The standard InChI is InChI=1S/C15H14N4O3S2/c1-11(23-24-14-8-4-5-9-16-14)10-21-15(20)22-19-13-7-3-2-6-12(13)17-18-19/h2-9,11H,10H2,1H3. The molecule has 7 nitrogen and oxygen atoms in total. The van der Waals surface area contributed by atoms with E-state index in [0.717, 1.165) is 9.87 Å². The summed E-state index contributed by atoms with van der Waals surface area (Å²) in [6.45, 7) is 2.18. The van der Waals surface area contributed by atoms with Crippen molar-refractivity contribution in [1.82, 2.24) is 20.1 Å². The minimum atomic E-state index is -0.819. The molecular weight excluding hydrogens is 348 g/mol. The molecule has 2 aromatic heterocycles. The molecule has 0 aliphatic carbocycles. The summed E-state index contributed by atoms with van der Waals surface area (Å²) in [4.78, 5) is 22.1. The number of aromatic nitrogens is 4. The maximum Gasteiger partial charge on any atom is 0.535 e. The lowest BCUT2D eigenvalue weighted by molar-refractivity contribution is 0.0404. The van der Waals surface area contributed by atoms with E-state index in [2.05, 4.69) is 15.3 Å². The van der Waals surface area contributed by atoms with Crippen molar-refractivity contribution in [3.05, 3.63) is 48.7 Å². The first-order chi connectivity index (χ1) is 11.7. The van der Waals surface area contributed by atoms with Crippen molar-refractivity contribution in [2.75, 3.05) is 6.61 Å². The summed E-state index contributed by atoms with van der Waals surface area (Å²) in [6.07, 6.45) is 0.921. The van der Waals surface area contributed by atoms with Gasteiger partial charge in [0.2, 0.25) is 0 Å². The lowest BCUT2D eigenvalue weighted by Gasteiger charge is -2.10. The minimum Gasteiger partial charge on any atom is -0.431 e. The second-order valence-corrected chi connectivity index (χ2v) is 7.42. The molecule has 1 unspecified atom stereocenters. The summed E-state index contributed by atoms with van der Waals surface area (Å²) in [7, 11) is 3.10. The van der Waals surface area contributed by atoms with E-state index in [9.17, 15) is 4.79 Å². The number of hydrogen-bond donors (Lipinski definition) is 0. The van der Waals surface area contributed by atoms with E-state index in [-0.39, 0.29) is 11.9 Å². The van der Waals surface area contributed by atoms with Crippen molar-refractivity contribution >= 4 is 38.8 Å². The van der Waals surface area contributed by atoms with Crippen LogP contribution in [0.4, 0.5) is 4.79 Å². The largest absolute Gasteiger partial charge is 0.535 e. The molecule has 124 valence electrons. The van der Waals surface area contributed by atoms with E-state index in [1.165, 1.54) is 10.8 Å². The maximum absolute atomic E-state index is 11.8. The molecule has 0 fully saturated rings. The zero-order chi connectivity index (χ0) is 16.8. The molecule has 2 heterocycles. The average Bonchev–Trinajstić information content (AvgIpc) is 3.02. The summed E-state index contributed by atoms with van der Waals surface area (Å²) < 4.78 is 5.11. The Bertz CT molecular complexity index is 813. The molecule has 0 N–H and O–H groups in total. The van der Waals surface area contributed by atoms with Gasteiger partial charge in [-0.1, -0.05) is 33.8 Å². The van der Waals surface area contributed by atoms with Crippen LogP contribution < -0.4 is 4.84 Å². The Kier molecular flexibility index (Phi) is 5.55. The van der Waals surface area contributed by atoms with Gasteiger partial charge < -0.3 is 4.74 Å². The van der Waals surface area contributed by atoms with Crippen LogP contribution in [0.25, 0.3) is 11.0 Å². The third-order valence-corrected chi connectivity index (χ3v) is 5.61. The van der Waals surface area contributed by atoms with Gasteiger partial charge in [0.25, 0.3) is 0 Å². The number of ether oxygens (including phenoxy) is 1. The Labute approximate surface area is 146 Å². The molecule has 0 bridgehead atoms. The van der Waals surface area contributed by atoms with E-state index in [4.69, 9.17) is 9.57 Å². The van der Waals surface area contributed by atoms with Gasteiger partial charge in [0.1, 0.15) is 22.7 Å². The average molecular weight is 362 g/mol. The zero-order valence-corrected chi connectivity index (χ0v) is 14.4. The first-order valence-electron chi connectivity index (χ1n) is 7.12. The van der Waals surface area contributed by atoms with Gasteiger partial charge in [-0.05, 0) is 47.2 Å². The Morgan fingerprint density at radius 2 is 2.08 bits per heavy atom. The van der Waals surface area contributed by atoms with Gasteiger partial charge in [0.05, 0.1) is 0 Å². The smallest absolute Gasteiger partial charge is 0.431 e. The van der Waals surface area contributed by atoms with Gasteiger partial charge in [-0.25, -0.2) is 9.78 Å². The number of pyridine rings is 1. The van der Waals surface area contributed by atoms with E-state index in [0.29, 0.717) is 11.0 Å². The molecule has 9 heteroatoms. The number of fused-ring (bicyclic) bond motifs is 1. The highest BCUT2D eigenvalue weighted by Crippen LogP contribution is 2.32. The topological polar surface area (TPSA) is 79.1 Å². The van der Waals surface area contributed by atoms with Gasteiger partial charge in [-0.2, -0.15) is 0 Å². The predicted molar refractivity (Wildman–Crippen MR) is 92.6 cm³/mol. The molecule has 3 aromatic rings. The summed E-state index contributed by atoms with van der Waals surface area (Å²) >= 11 is 0. The number of benzene rings is 1. The van der Waals surface area contributed by atoms with E-state index in [1.807, 2.05) is 37.3 Å². The molecule has 0 aliphatic heterocycles. The number of carbonyl (C=O) groups is 1. The SMILES string of the molecule is CC(COC(=O)On1nnc2ccccc21)SSc1ccccn1. The van der Waals surface area contributed by atoms with Crippen molar-refractivity contribution in [2.24, 2.45) is 0 Å². The van der Waals surface area contributed by atoms with Crippen LogP contribution >= 0.6 is 21.6 Å². The highest BCUT2D eigenvalue weighted by atomic mass is 33.1. The molecule has 1 atom stereocenters. The second kappa shape index (κ2) is 8.02. The number of hydrogen-bond acceptors (Lipinski definition) is 8. The number of rotatable bonds is 6. The summed E-state index contributed by atoms with van der Waals surface area (Å²) in [5.41, 5.74) is 1.24. The van der Waals surface area contributed by atoms with Gasteiger partial charge in [-0.3, -0.25) is 4.84 Å². The predicted octanol–water partition coefficient (Wildman–Crippen LogP) is 3.22. The summed E-state index contributed by atoms with van der Waals surface area (Å²) in [5, 5.41) is 8.65. The first kappa shape index (κ1) is 16.6. The fourth-order valence-electron chi connectivity index (χ4n) is 1.75. The van der Waals surface area contributed by atoms with E-state index >= 15 is 0 Å². The highest BCUT2D eigenvalue weighted by molar-refractivity contribution is 8.76. The van der Waals surface area contributed by atoms with Gasteiger partial charge in [0, 0.05) is 11.4 Å². The van der Waals surface area contributed by atoms with Crippen LogP contribution in [0.3, 0.4) is 0 Å². The van der Waals surface area contributed by atoms with Crippen LogP contribution in [0.1, 0.15) is 6.92 Å². The Morgan fingerprint density at radius 1 is 1.25 bits per heavy atom. The van der Waals surface area contributed by atoms with Crippen molar-refractivity contribution in [1.29, 1.82) is 0 Å². The van der Waals surface area contributed by atoms with E-state index < -0.39 is 6.16 Å². The Morgan fingerprint density at radius 3 is 2.92 bits per heavy atom. The zero-order valence-electron chi connectivity index (χ0n) is 12.7. The molecule has 0 saturated carbocycles. The fourth-order valence-corrected chi connectivity index (χ4v) is 3.63. The molecule has 0 radical (unpaired) electrons. The Balaban J connectivity index is 1.45. The lowest BCUT2D eigenvalue weighted by atomic mass is 10.3. The van der Waals surface area contributed by atoms with Crippen LogP contribution in [0.5, 0.6) is 0 Å². The van der Waals surface area contributed by atoms with Gasteiger partial charge in [0.15, 0.2) is 0 Å². The van der Waals surface area contributed by atoms with Crippen molar-refractivity contribution in [3.63, 3.8) is 0 Å². The Hall–Kier alpha value is -2.26. The number of nitrogens with zero attached hydrogens (tertiary/aromatic N) is 4. The van der Waals surface area contributed by atoms with Crippen LogP contribution in [0.2, 0.25) is 0 Å². The van der Waals surface area contributed by atoms with Crippen LogP contribution in [-0.2, 0) is 4.74 Å². The molecule has 0 saturated heterocycles. The third-order valence-electron chi connectivity index (χ3n) is 2.85. The first-order valence-corrected chi connectivity index (χ1v) is 9.33. The fraction of sp³-hybridized carbons (Fsp3) is 0.200. The van der Waals surface area contributed by atoms with Gasteiger partial charge >= 0.3 is 6.16 Å². The van der Waals surface area contributed by atoms with Crippen LogP contribution in [0, 0.1) is 0 Å². The third kappa shape index (κ3) is 4.39. The number of para-hydroxylation sites is 1. The highest BCUT2D eigenvalue weighted by Gasteiger charge is 2.13. The molecule has 1 aromatic carbocycles. The molecule has 24 heavy (non-hydrogen) atoms. The maximum atomic E-state index is 11.8. The normalized spacial score (nSPS) is 12.0. The molecule has 0 amide bonds. The van der Waals surface area contributed by atoms with Gasteiger partial charge in [-0.15, -0.1) is 5.10 Å². The van der Waals surface area contributed by atoms with E-state index in [1.54, 1.807) is 29.1 Å². The molecular formula is C15H14N4O3S2. The van der Waals surface area contributed by atoms with Crippen molar-refractivity contribution < 1.29 is 14.4 Å². The lowest BCUT2D eigenvalue weighted by Crippen LogP contribution is -2.24. The van der Waals surface area contributed by atoms with Crippen molar-refractivity contribution in [3.8, 4) is 0 Å². The molecule has 0 aliphatic rings. The van der Waals surface area contributed by atoms with Crippen molar-refractivity contribution in [2.45, 2.75) is 17.2 Å². The number of carbonyl (C=O) groups excluding carboxylic acids is 1. The minimum absolute atomic E-state index is 0.0806. The van der Waals surface area contributed by atoms with Crippen LogP contribution in [-0.4, -0.2) is 38.2 Å². The molecule has 0 spiro atoms. The van der Waals surface area contributed by atoms with Crippen LogP contribution in [0.15, 0.2) is 53.7 Å². The monoisotopic (exact) mass is 362 g/mol. The summed E-state index contributed by atoms with van der Waals surface area (Å²) in [5.74, 6) is 0. The molecule has 3 rings (SSSR count).